The molecule has 0 bridgehead atoms. The lowest BCUT2D eigenvalue weighted by Crippen LogP contribution is -2.32. The molecule has 0 spiro atoms. The van der Waals surface area contributed by atoms with Gasteiger partial charge in [-0.15, -0.1) is 0 Å². The molecule has 1 amide bonds. The fourth-order valence-electron chi connectivity index (χ4n) is 3.42. The summed E-state index contributed by atoms with van der Waals surface area (Å²) in [5, 5.41) is 13.1. The van der Waals surface area contributed by atoms with Crippen molar-refractivity contribution in [2.45, 2.75) is 20.3 Å². The van der Waals surface area contributed by atoms with Gasteiger partial charge in [0, 0.05) is 35.0 Å². The summed E-state index contributed by atoms with van der Waals surface area (Å²) in [5.74, 6) is 0.989. The molecular weight excluding hydrogens is 432 g/mol. The fourth-order valence-corrected chi connectivity index (χ4v) is 3.64. The number of carbonyl (C=O) groups excluding carboxylic acids is 1. The van der Waals surface area contributed by atoms with Crippen molar-refractivity contribution in [1.29, 1.82) is 0 Å². The summed E-state index contributed by atoms with van der Waals surface area (Å²) >= 11 is 5.26. The van der Waals surface area contributed by atoms with Crippen LogP contribution in [0.3, 0.4) is 0 Å². The fraction of sp³-hybridized carbons (Fsp3) is 0.115. The van der Waals surface area contributed by atoms with Gasteiger partial charge >= 0.3 is 0 Å². The summed E-state index contributed by atoms with van der Waals surface area (Å²) in [6, 6.07) is 21.4. The van der Waals surface area contributed by atoms with Gasteiger partial charge in [-0.3, -0.25) is 15.2 Å². The summed E-state index contributed by atoms with van der Waals surface area (Å²) in [5.41, 5.74) is 6.24. The molecule has 0 saturated carbocycles. The lowest BCUT2D eigenvalue weighted by molar-refractivity contribution is -0.115. The van der Waals surface area contributed by atoms with E-state index in [0.29, 0.717) is 5.76 Å². The number of H-pyrrole nitrogens is 1. The van der Waals surface area contributed by atoms with E-state index in [-0.39, 0.29) is 11.0 Å². The van der Waals surface area contributed by atoms with Crippen molar-refractivity contribution in [3.05, 3.63) is 101 Å². The molecule has 166 valence electrons. The standard InChI is InChI=1S/C26H24N4O2S/c1-17-23(18(2)30-29-17)16-19-8-10-21(11-9-19)27-26(33)28-25(31)15-13-22-12-14-24(32-22)20-6-4-3-5-7-20/h3-15H,16H2,1-2H3,(H,29,30)(H2,27,28,31,33)/b15-13+. The monoisotopic (exact) mass is 456 g/mol. The first kappa shape index (κ1) is 22.2. The number of aryl methyl sites for hydroxylation is 2. The molecule has 0 aliphatic rings. The van der Waals surface area contributed by atoms with Crippen LogP contribution < -0.4 is 10.6 Å². The van der Waals surface area contributed by atoms with Gasteiger partial charge in [-0.1, -0.05) is 42.5 Å². The Kier molecular flexibility index (Phi) is 6.80. The maximum absolute atomic E-state index is 12.2. The third-order valence-corrected chi connectivity index (χ3v) is 5.40. The van der Waals surface area contributed by atoms with Gasteiger partial charge in [0.15, 0.2) is 5.11 Å². The van der Waals surface area contributed by atoms with Gasteiger partial charge < -0.3 is 9.73 Å². The minimum Gasteiger partial charge on any atom is -0.457 e. The van der Waals surface area contributed by atoms with Crippen LogP contribution in [-0.2, 0) is 11.2 Å². The average Bonchev–Trinajstić information content (AvgIpc) is 3.42. The quantitative estimate of drug-likeness (QED) is 0.267. The molecule has 0 unspecified atom stereocenters. The van der Waals surface area contributed by atoms with E-state index in [2.05, 4.69) is 20.8 Å². The number of rotatable bonds is 6. The molecule has 2 aromatic carbocycles. The topological polar surface area (TPSA) is 83.0 Å². The molecule has 0 fully saturated rings. The molecule has 4 aromatic rings. The molecular formula is C26H24N4O2S. The lowest BCUT2D eigenvalue weighted by Gasteiger charge is -2.09. The molecule has 4 rings (SSSR count). The van der Waals surface area contributed by atoms with Gasteiger partial charge in [-0.25, -0.2) is 0 Å². The predicted molar refractivity (Wildman–Crippen MR) is 135 cm³/mol. The first-order chi connectivity index (χ1) is 16.0. The Morgan fingerprint density at radius 1 is 1.06 bits per heavy atom. The van der Waals surface area contributed by atoms with Crippen LogP contribution in [0.1, 0.15) is 28.3 Å². The van der Waals surface area contributed by atoms with E-state index >= 15 is 0 Å². The number of furan rings is 1. The molecule has 3 N–H and O–H groups in total. The number of aromatic nitrogens is 2. The maximum atomic E-state index is 12.2. The highest BCUT2D eigenvalue weighted by molar-refractivity contribution is 7.80. The highest BCUT2D eigenvalue weighted by Crippen LogP contribution is 2.22. The summed E-state index contributed by atoms with van der Waals surface area (Å²) < 4.78 is 5.76. The Morgan fingerprint density at radius 3 is 2.52 bits per heavy atom. The van der Waals surface area contributed by atoms with E-state index in [1.165, 1.54) is 17.2 Å². The number of aromatic amines is 1. The van der Waals surface area contributed by atoms with Crippen molar-refractivity contribution in [3.8, 4) is 11.3 Å². The van der Waals surface area contributed by atoms with Crippen LogP contribution in [0.5, 0.6) is 0 Å². The van der Waals surface area contributed by atoms with Crippen LogP contribution in [0.2, 0.25) is 0 Å². The Bertz CT molecular complexity index is 1270. The Balaban J connectivity index is 1.29. The molecule has 33 heavy (non-hydrogen) atoms. The number of hydrogen-bond acceptors (Lipinski definition) is 4. The van der Waals surface area contributed by atoms with Gasteiger partial charge in [0.1, 0.15) is 11.5 Å². The van der Waals surface area contributed by atoms with E-state index in [9.17, 15) is 4.79 Å². The molecule has 0 aliphatic heterocycles. The van der Waals surface area contributed by atoms with Crippen molar-refractivity contribution >= 4 is 35.0 Å². The normalized spacial score (nSPS) is 11.0. The van der Waals surface area contributed by atoms with E-state index < -0.39 is 0 Å². The Labute approximate surface area is 197 Å². The van der Waals surface area contributed by atoms with Gasteiger partial charge in [-0.2, -0.15) is 5.10 Å². The van der Waals surface area contributed by atoms with Gasteiger partial charge in [0.2, 0.25) is 5.91 Å². The summed E-state index contributed by atoms with van der Waals surface area (Å²) in [4.78, 5) is 12.2. The van der Waals surface area contributed by atoms with Crippen LogP contribution in [0, 0.1) is 13.8 Å². The van der Waals surface area contributed by atoms with E-state index in [0.717, 1.165) is 34.8 Å². The third kappa shape index (κ3) is 5.84. The second kappa shape index (κ2) is 10.1. The minimum atomic E-state index is -0.340. The van der Waals surface area contributed by atoms with Gasteiger partial charge in [0.05, 0.1) is 5.69 Å². The average molecular weight is 457 g/mol. The van der Waals surface area contributed by atoms with E-state index in [4.69, 9.17) is 16.6 Å². The highest BCUT2D eigenvalue weighted by Gasteiger charge is 2.08. The van der Waals surface area contributed by atoms with Crippen LogP contribution in [0.15, 0.2) is 77.2 Å². The molecule has 0 radical (unpaired) electrons. The van der Waals surface area contributed by atoms with Crippen LogP contribution in [-0.4, -0.2) is 21.2 Å². The van der Waals surface area contributed by atoms with Crippen molar-refractivity contribution in [2.24, 2.45) is 0 Å². The Morgan fingerprint density at radius 2 is 1.82 bits per heavy atom. The zero-order chi connectivity index (χ0) is 23.2. The number of anilines is 1. The molecule has 0 saturated heterocycles. The number of carbonyl (C=O) groups is 1. The van der Waals surface area contributed by atoms with Crippen molar-refractivity contribution < 1.29 is 9.21 Å². The Hall–Kier alpha value is -3.97. The highest BCUT2D eigenvalue weighted by atomic mass is 32.1. The van der Waals surface area contributed by atoms with Crippen LogP contribution >= 0.6 is 12.2 Å². The number of nitrogens with one attached hydrogen (secondary N) is 3. The second-order valence-electron chi connectivity index (χ2n) is 7.63. The molecule has 2 aromatic heterocycles. The maximum Gasteiger partial charge on any atom is 0.250 e. The first-order valence-corrected chi connectivity index (χ1v) is 10.9. The first-order valence-electron chi connectivity index (χ1n) is 10.5. The summed E-state index contributed by atoms with van der Waals surface area (Å²) in [6.45, 7) is 4.02. The largest absolute Gasteiger partial charge is 0.457 e. The molecule has 7 heteroatoms. The molecule has 0 aliphatic carbocycles. The predicted octanol–water partition coefficient (Wildman–Crippen LogP) is 5.40. The SMILES string of the molecule is Cc1n[nH]c(C)c1Cc1ccc(NC(=S)NC(=O)/C=C/c2ccc(-c3ccccc3)o2)cc1. The van der Waals surface area contributed by atoms with E-state index in [1.807, 2.05) is 80.6 Å². The molecule has 0 atom stereocenters. The number of benzene rings is 2. The second-order valence-corrected chi connectivity index (χ2v) is 8.04. The zero-order valence-corrected chi connectivity index (χ0v) is 19.2. The van der Waals surface area contributed by atoms with Gasteiger partial charge in [-0.05, 0) is 62.0 Å². The van der Waals surface area contributed by atoms with Crippen molar-refractivity contribution in [3.63, 3.8) is 0 Å². The molecule has 2 heterocycles. The van der Waals surface area contributed by atoms with Crippen LogP contribution in [0.25, 0.3) is 17.4 Å². The van der Waals surface area contributed by atoms with Crippen molar-refractivity contribution in [2.75, 3.05) is 5.32 Å². The minimum absolute atomic E-state index is 0.225. The summed E-state index contributed by atoms with van der Waals surface area (Å²) in [6.07, 6.45) is 3.80. The van der Waals surface area contributed by atoms with Crippen molar-refractivity contribution in [1.82, 2.24) is 15.5 Å². The number of amides is 1. The van der Waals surface area contributed by atoms with Crippen LogP contribution in [0.4, 0.5) is 5.69 Å². The lowest BCUT2D eigenvalue weighted by atomic mass is 10.0. The van der Waals surface area contributed by atoms with E-state index in [1.54, 1.807) is 6.08 Å². The number of nitrogens with zero attached hydrogens (tertiary/aromatic N) is 1. The summed E-state index contributed by atoms with van der Waals surface area (Å²) in [7, 11) is 0. The number of hydrogen-bond donors (Lipinski definition) is 3. The molecule has 6 nitrogen and oxygen atoms in total. The third-order valence-electron chi connectivity index (χ3n) is 5.19. The van der Waals surface area contributed by atoms with Gasteiger partial charge in [0.25, 0.3) is 0 Å². The smallest absolute Gasteiger partial charge is 0.250 e. The number of thiocarbonyl (C=S) groups is 1. The zero-order valence-electron chi connectivity index (χ0n) is 18.4.